The molecule has 0 aliphatic carbocycles. The fraction of sp³-hybridized carbons (Fsp3) is 0.0435. The van der Waals surface area contributed by atoms with Gasteiger partial charge in [-0.25, -0.2) is 14.4 Å². The average Bonchev–Trinajstić information content (AvgIpc) is 3.54. The van der Waals surface area contributed by atoms with E-state index in [1.807, 2.05) is 35.8 Å². The lowest BCUT2D eigenvalue weighted by Gasteiger charge is -2.02. The van der Waals surface area contributed by atoms with Crippen molar-refractivity contribution in [2.75, 3.05) is 10.6 Å². The number of anilines is 2. The van der Waals surface area contributed by atoms with Gasteiger partial charge in [-0.05, 0) is 18.2 Å². The molecule has 2 aromatic carbocycles. The Labute approximate surface area is 195 Å². The van der Waals surface area contributed by atoms with Crippen LogP contribution in [0.3, 0.4) is 0 Å². The summed E-state index contributed by atoms with van der Waals surface area (Å²) < 4.78 is 13.8. The van der Waals surface area contributed by atoms with Gasteiger partial charge in [0.25, 0.3) is 5.91 Å². The number of aromatic amines is 1. The van der Waals surface area contributed by atoms with Crippen molar-refractivity contribution in [2.45, 2.75) is 6.42 Å². The first-order valence-corrected chi connectivity index (χ1v) is 11.6. The third-order valence-electron chi connectivity index (χ3n) is 4.85. The fourth-order valence-corrected chi connectivity index (χ4v) is 4.75. The van der Waals surface area contributed by atoms with Crippen molar-refractivity contribution >= 4 is 55.7 Å². The van der Waals surface area contributed by atoms with Crippen molar-refractivity contribution in [2.24, 2.45) is 0 Å². The van der Waals surface area contributed by atoms with E-state index in [4.69, 9.17) is 0 Å². The molecule has 0 saturated carbocycles. The molecular weight excluding hydrogens is 461 g/mol. The number of halogens is 1. The van der Waals surface area contributed by atoms with Gasteiger partial charge in [0.05, 0.1) is 23.4 Å². The van der Waals surface area contributed by atoms with E-state index >= 15 is 0 Å². The Balaban J connectivity index is 1.21. The number of carbonyl (C=O) groups is 2. The van der Waals surface area contributed by atoms with Crippen LogP contribution >= 0.6 is 22.7 Å². The molecule has 0 unspecified atom stereocenters. The molecule has 10 heteroatoms. The standard InChI is InChI=1S/C23H16FN5O2S2/c24-17-7-3-1-6-15(17)21(31)29-22-26-13(11-32-22)9-20(30)28-23-27-19(12-33-23)16-10-25-18-8-4-2-5-14(16)18/h1-8,10-12,25H,9H2,(H,26,29,31)(H,27,28,30). The maximum Gasteiger partial charge on any atom is 0.260 e. The van der Waals surface area contributed by atoms with E-state index in [1.54, 1.807) is 11.4 Å². The average molecular weight is 478 g/mol. The monoisotopic (exact) mass is 477 g/mol. The first kappa shape index (κ1) is 21.0. The second-order valence-electron chi connectivity index (χ2n) is 7.09. The van der Waals surface area contributed by atoms with Crippen molar-refractivity contribution in [3.05, 3.63) is 82.6 Å². The molecule has 5 rings (SSSR count). The number of carbonyl (C=O) groups excluding carboxylic acids is 2. The molecule has 0 atom stereocenters. The lowest BCUT2D eigenvalue weighted by Crippen LogP contribution is -2.15. The number of benzene rings is 2. The van der Waals surface area contributed by atoms with Gasteiger partial charge in [0.2, 0.25) is 5.91 Å². The number of nitrogens with zero attached hydrogens (tertiary/aromatic N) is 2. The van der Waals surface area contributed by atoms with Crippen LogP contribution in [-0.2, 0) is 11.2 Å². The molecule has 2 amide bonds. The molecule has 0 aliphatic heterocycles. The van der Waals surface area contributed by atoms with E-state index in [9.17, 15) is 14.0 Å². The second kappa shape index (κ2) is 8.93. The van der Waals surface area contributed by atoms with Crippen LogP contribution < -0.4 is 10.6 Å². The number of hydrogen-bond acceptors (Lipinski definition) is 6. The molecule has 0 bridgehead atoms. The molecule has 3 heterocycles. The van der Waals surface area contributed by atoms with Gasteiger partial charge < -0.3 is 10.3 Å². The Morgan fingerprint density at radius 1 is 0.939 bits per heavy atom. The molecule has 5 aromatic rings. The second-order valence-corrected chi connectivity index (χ2v) is 8.80. The number of aromatic nitrogens is 3. The summed E-state index contributed by atoms with van der Waals surface area (Å²) in [6, 6.07) is 13.6. The predicted octanol–water partition coefficient (Wildman–Crippen LogP) is 5.32. The van der Waals surface area contributed by atoms with Crippen LogP contribution in [0.25, 0.3) is 22.2 Å². The van der Waals surface area contributed by atoms with Gasteiger partial charge in [-0.2, -0.15) is 0 Å². The summed E-state index contributed by atoms with van der Waals surface area (Å²) in [5.74, 6) is -1.47. The van der Waals surface area contributed by atoms with Crippen molar-refractivity contribution in [3.8, 4) is 11.3 Å². The van der Waals surface area contributed by atoms with Crippen LogP contribution in [0.4, 0.5) is 14.7 Å². The van der Waals surface area contributed by atoms with Crippen LogP contribution in [0.1, 0.15) is 16.1 Å². The number of H-pyrrole nitrogens is 1. The topological polar surface area (TPSA) is 99.8 Å². The first-order valence-electron chi connectivity index (χ1n) is 9.89. The van der Waals surface area contributed by atoms with E-state index in [0.717, 1.165) is 22.2 Å². The molecule has 0 fully saturated rings. The number of thiazole rings is 2. The number of fused-ring (bicyclic) bond motifs is 1. The normalized spacial score (nSPS) is 10.9. The fourth-order valence-electron chi connectivity index (χ4n) is 3.32. The van der Waals surface area contributed by atoms with E-state index in [1.165, 1.54) is 40.9 Å². The maximum atomic E-state index is 13.8. The molecule has 3 N–H and O–H groups in total. The zero-order valence-corrected chi connectivity index (χ0v) is 18.6. The van der Waals surface area contributed by atoms with Crippen molar-refractivity contribution < 1.29 is 14.0 Å². The van der Waals surface area contributed by atoms with E-state index < -0.39 is 11.7 Å². The minimum absolute atomic E-state index is 0.0219. The molecular formula is C23H16FN5O2S2. The summed E-state index contributed by atoms with van der Waals surface area (Å²) in [5.41, 5.74) is 3.20. The zero-order chi connectivity index (χ0) is 22.8. The van der Waals surface area contributed by atoms with Crippen LogP contribution in [0.5, 0.6) is 0 Å². The van der Waals surface area contributed by atoms with Crippen molar-refractivity contribution in [3.63, 3.8) is 0 Å². The van der Waals surface area contributed by atoms with E-state index in [-0.39, 0.29) is 17.9 Å². The maximum absolute atomic E-state index is 13.8. The highest BCUT2D eigenvalue weighted by Crippen LogP contribution is 2.31. The van der Waals surface area contributed by atoms with Crippen LogP contribution in [0.2, 0.25) is 0 Å². The third kappa shape index (κ3) is 4.52. The van der Waals surface area contributed by atoms with Gasteiger partial charge in [0.15, 0.2) is 10.3 Å². The summed E-state index contributed by atoms with van der Waals surface area (Å²) in [7, 11) is 0. The molecule has 3 aromatic heterocycles. The molecule has 7 nitrogen and oxygen atoms in total. The molecule has 0 radical (unpaired) electrons. The Morgan fingerprint density at radius 3 is 2.58 bits per heavy atom. The Morgan fingerprint density at radius 2 is 1.70 bits per heavy atom. The smallest absolute Gasteiger partial charge is 0.260 e. The molecule has 33 heavy (non-hydrogen) atoms. The molecule has 164 valence electrons. The molecule has 0 saturated heterocycles. The van der Waals surface area contributed by atoms with Crippen LogP contribution in [0, 0.1) is 5.82 Å². The highest BCUT2D eigenvalue weighted by Gasteiger charge is 2.15. The summed E-state index contributed by atoms with van der Waals surface area (Å²) in [5, 5.41) is 10.8. The van der Waals surface area contributed by atoms with Gasteiger partial charge in [-0.3, -0.25) is 14.9 Å². The summed E-state index contributed by atoms with van der Waals surface area (Å²) in [6.45, 7) is 0. The minimum Gasteiger partial charge on any atom is -0.360 e. The summed E-state index contributed by atoms with van der Waals surface area (Å²) >= 11 is 2.51. The lowest BCUT2D eigenvalue weighted by atomic mass is 10.1. The van der Waals surface area contributed by atoms with E-state index in [2.05, 4.69) is 25.6 Å². The van der Waals surface area contributed by atoms with Gasteiger partial charge in [-0.1, -0.05) is 30.3 Å². The lowest BCUT2D eigenvalue weighted by molar-refractivity contribution is -0.115. The number of para-hydroxylation sites is 1. The SMILES string of the molecule is O=C(Cc1csc(NC(=O)c2ccccc2F)n1)Nc1nc(-c2c[nH]c3ccccc23)cs1. The number of rotatable bonds is 6. The first-order chi connectivity index (χ1) is 16.1. The Kier molecular flexibility index (Phi) is 5.68. The predicted molar refractivity (Wildman–Crippen MR) is 128 cm³/mol. The third-order valence-corrected chi connectivity index (χ3v) is 6.41. The van der Waals surface area contributed by atoms with Gasteiger partial charge in [0, 0.05) is 33.4 Å². The van der Waals surface area contributed by atoms with Gasteiger partial charge in [-0.15, -0.1) is 22.7 Å². The largest absolute Gasteiger partial charge is 0.360 e. The summed E-state index contributed by atoms with van der Waals surface area (Å²) in [4.78, 5) is 36.7. The number of amides is 2. The molecule has 0 aliphatic rings. The summed E-state index contributed by atoms with van der Waals surface area (Å²) in [6.07, 6.45) is 1.92. The quantitative estimate of drug-likeness (QED) is 0.308. The van der Waals surface area contributed by atoms with Crippen molar-refractivity contribution in [1.82, 2.24) is 15.0 Å². The number of nitrogens with one attached hydrogen (secondary N) is 3. The Hall–Kier alpha value is -3.89. The van der Waals surface area contributed by atoms with Crippen molar-refractivity contribution in [1.29, 1.82) is 0 Å². The highest BCUT2D eigenvalue weighted by atomic mass is 32.1. The van der Waals surface area contributed by atoms with Gasteiger partial charge >= 0.3 is 0 Å². The van der Waals surface area contributed by atoms with Gasteiger partial charge in [0.1, 0.15) is 5.82 Å². The van der Waals surface area contributed by atoms with E-state index in [0.29, 0.717) is 16.0 Å². The molecule has 0 spiro atoms. The highest BCUT2D eigenvalue weighted by molar-refractivity contribution is 7.14. The minimum atomic E-state index is -0.610. The Bertz CT molecular complexity index is 1470. The van der Waals surface area contributed by atoms with Crippen LogP contribution in [-0.4, -0.2) is 26.8 Å². The van der Waals surface area contributed by atoms with Crippen LogP contribution in [0.15, 0.2) is 65.5 Å². The zero-order valence-electron chi connectivity index (χ0n) is 17.0. The number of hydrogen-bond donors (Lipinski definition) is 3.